The third kappa shape index (κ3) is 4.14. The molecule has 3 amide bonds. The summed E-state index contributed by atoms with van der Waals surface area (Å²) >= 11 is 1.54. The summed E-state index contributed by atoms with van der Waals surface area (Å²) in [5.74, 6) is -0.604. The van der Waals surface area contributed by atoms with E-state index < -0.39 is 29.0 Å². The van der Waals surface area contributed by atoms with Crippen molar-refractivity contribution in [3.63, 3.8) is 0 Å². The molecule has 9 heteroatoms. The largest absolute Gasteiger partial charge is 0.384 e. The maximum absolute atomic E-state index is 13.6. The van der Waals surface area contributed by atoms with Crippen LogP contribution >= 0.6 is 11.8 Å². The molecule has 2 unspecified atom stereocenters. The summed E-state index contributed by atoms with van der Waals surface area (Å²) in [4.78, 5) is 42.6. The molecule has 0 bridgehead atoms. The molecule has 3 heterocycles. The summed E-state index contributed by atoms with van der Waals surface area (Å²) in [6.45, 7) is 5.41. The smallest absolute Gasteiger partial charge is 0.255 e. The highest BCUT2D eigenvalue weighted by molar-refractivity contribution is 8.01. The van der Waals surface area contributed by atoms with Crippen LogP contribution in [0.5, 0.6) is 0 Å². The Morgan fingerprint density at radius 3 is 2.75 bits per heavy atom. The number of amides is 3. The molecule has 8 nitrogen and oxygen atoms in total. The number of fused-ring (bicyclic) bond motifs is 2. The minimum absolute atomic E-state index is 0.0825. The number of hydrogen-bond acceptors (Lipinski definition) is 6. The van der Waals surface area contributed by atoms with Gasteiger partial charge in [-0.15, -0.1) is 11.8 Å². The number of nitrogens with one attached hydrogen (secondary N) is 2. The average Bonchev–Trinajstić information content (AvgIpc) is 3.49. The maximum Gasteiger partial charge on any atom is 0.255 e. The van der Waals surface area contributed by atoms with Crippen molar-refractivity contribution in [1.82, 2.24) is 15.1 Å². The number of likely N-dealkylation sites (tertiary alicyclic amines) is 1. The van der Waals surface area contributed by atoms with Gasteiger partial charge in [-0.05, 0) is 49.4 Å². The van der Waals surface area contributed by atoms with Crippen LogP contribution in [-0.2, 0) is 22.4 Å². The van der Waals surface area contributed by atoms with Crippen LogP contribution in [0, 0.1) is 0 Å². The summed E-state index contributed by atoms with van der Waals surface area (Å²) in [5.41, 5.74) is 3.32. The summed E-state index contributed by atoms with van der Waals surface area (Å²) in [6.07, 6.45) is 0.381. The first-order valence-electron chi connectivity index (χ1n) is 12.5. The first kappa shape index (κ1) is 24.6. The van der Waals surface area contributed by atoms with Gasteiger partial charge in [-0.1, -0.05) is 43.3 Å². The van der Waals surface area contributed by atoms with Crippen molar-refractivity contribution in [2.24, 2.45) is 0 Å². The van der Waals surface area contributed by atoms with Gasteiger partial charge in [-0.25, -0.2) is 0 Å². The third-order valence-corrected chi connectivity index (χ3v) is 8.88. The van der Waals surface area contributed by atoms with Crippen molar-refractivity contribution in [1.29, 1.82) is 0 Å². The standard InChI is InChI=1S/C27H32N4O4S/c1-3-14-31-26(35)23-27(31,2)36-16-30(23)25(34)22(32)21(15-17-8-5-4-6-9-17)29-24(33)19-10-7-11-20-18(19)12-13-28-20/h4-11,21-23,28,32H,3,12-16H2,1-2H3,(H,29,33)/t21?,22-,23+,27?/m0/s1. The Bertz CT molecular complexity index is 1180. The number of aliphatic hydroxyl groups is 1. The van der Waals surface area contributed by atoms with E-state index in [9.17, 15) is 19.5 Å². The fourth-order valence-corrected chi connectivity index (χ4v) is 6.93. The van der Waals surface area contributed by atoms with Gasteiger partial charge in [0.1, 0.15) is 10.9 Å². The minimum Gasteiger partial charge on any atom is -0.384 e. The molecule has 36 heavy (non-hydrogen) atoms. The molecule has 0 aromatic heterocycles. The number of rotatable bonds is 8. The predicted octanol–water partition coefficient (Wildman–Crippen LogP) is 2.23. The first-order valence-corrected chi connectivity index (χ1v) is 13.5. The molecule has 0 aliphatic carbocycles. The Labute approximate surface area is 215 Å². The molecule has 2 saturated heterocycles. The van der Waals surface area contributed by atoms with E-state index in [1.165, 1.54) is 4.90 Å². The van der Waals surface area contributed by atoms with Crippen LogP contribution in [0.1, 0.15) is 41.8 Å². The number of aliphatic hydroxyl groups excluding tert-OH is 1. The lowest BCUT2D eigenvalue weighted by Crippen LogP contribution is -2.74. The van der Waals surface area contributed by atoms with Crippen LogP contribution in [0.25, 0.3) is 0 Å². The van der Waals surface area contributed by atoms with Crippen LogP contribution in [-0.4, -0.2) is 74.7 Å². The molecular weight excluding hydrogens is 476 g/mol. The van der Waals surface area contributed by atoms with Crippen molar-refractivity contribution in [2.75, 3.05) is 24.3 Å². The van der Waals surface area contributed by atoms with Crippen molar-refractivity contribution in [3.05, 3.63) is 65.2 Å². The van der Waals surface area contributed by atoms with Crippen LogP contribution in [0.3, 0.4) is 0 Å². The van der Waals surface area contributed by atoms with Gasteiger partial charge in [-0.3, -0.25) is 14.4 Å². The molecule has 4 atom stereocenters. The highest BCUT2D eigenvalue weighted by Gasteiger charge is 2.65. The Morgan fingerprint density at radius 2 is 2.00 bits per heavy atom. The molecule has 0 saturated carbocycles. The number of anilines is 1. The number of β-lactam (4-membered cyclic amide) rings is 1. The Kier molecular flexibility index (Phi) is 6.70. The van der Waals surface area contributed by atoms with E-state index in [1.54, 1.807) is 17.8 Å². The Hall–Kier alpha value is -3.04. The van der Waals surface area contributed by atoms with Gasteiger partial charge < -0.3 is 25.5 Å². The summed E-state index contributed by atoms with van der Waals surface area (Å²) in [5, 5.41) is 17.5. The molecule has 3 aliphatic heterocycles. The number of benzene rings is 2. The number of carbonyl (C=O) groups excluding carboxylic acids is 3. The van der Waals surface area contributed by atoms with Crippen LogP contribution in [0.2, 0.25) is 0 Å². The fraction of sp³-hybridized carbons (Fsp3) is 0.444. The zero-order chi connectivity index (χ0) is 25.4. The summed E-state index contributed by atoms with van der Waals surface area (Å²) in [7, 11) is 0. The number of carbonyl (C=O) groups is 3. The topological polar surface area (TPSA) is 102 Å². The van der Waals surface area contributed by atoms with E-state index in [2.05, 4.69) is 10.6 Å². The fourth-order valence-electron chi connectivity index (χ4n) is 5.53. The number of thioether (sulfide) groups is 1. The molecular formula is C27H32N4O4S. The molecule has 190 valence electrons. The lowest BCUT2D eigenvalue weighted by atomic mass is 9.92. The van der Waals surface area contributed by atoms with E-state index >= 15 is 0 Å². The monoisotopic (exact) mass is 508 g/mol. The Balaban J connectivity index is 1.37. The molecule has 2 fully saturated rings. The van der Waals surface area contributed by atoms with Gasteiger partial charge in [0.2, 0.25) is 5.91 Å². The molecule has 0 spiro atoms. The van der Waals surface area contributed by atoms with E-state index in [-0.39, 0.29) is 18.2 Å². The van der Waals surface area contributed by atoms with E-state index in [0.717, 1.165) is 36.2 Å². The van der Waals surface area contributed by atoms with Gasteiger partial charge in [0.15, 0.2) is 6.10 Å². The van der Waals surface area contributed by atoms with Gasteiger partial charge in [-0.2, -0.15) is 0 Å². The average molecular weight is 509 g/mol. The minimum atomic E-state index is -1.49. The lowest BCUT2D eigenvalue weighted by molar-refractivity contribution is -0.167. The van der Waals surface area contributed by atoms with Gasteiger partial charge in [0.05, 0.1) is 11.9 Å². The maximum atomic E-state index is 13.6. The zero-order valence-electron chi connectivity index (χ0n) is 20.6. The highest BCUT2D eigenvalue weighted by Crippen LogP contribution is 2.50. The van der Waals surface area contributed by atoms with Crippen molar-refractivity contribution >= 4 is 35.2 Å². The normalized spacial score (nSPS) is 23.9. The molecule has 3 N–H and O–H groups in total. The van der Waals surface area contributed by atoms with Crippen LogP contribution < -0.4 is 10.6 Å². The molecule has 5 rings (SSSR count). The molecule has 0 radical (unpaired) electrons. The zero-order valence-corrected chi connectivity index (χ0v) is 21.4. The molecule has 2 aromatic carbocycles. The van der Waals surface area contributed by atoms with E-state index in [0.29, 0.717) is 18.0 Å². The van der Waals surface area contributed by atoms with Gasteiger partial charge in [0, 0.05) is 24.3 Å². The summed E-state index contributed by atoms with van der Waals surface area (Å²) < 4.78 is 0. The second kappa shape index (κ2) is 9.78. The second-order valence-corrected chi connectivity index (χ2v) is 11.1. The number of hydrogen-bond donors (Lipinski definition) is 3. The third-order valence-electron chi connectivity index (χ3n) is 7.44. The second-order valence-electron chi connectivity index (χ2n) is 9.75. The molecule has 3 aliphatic rings. The van der Waals surface area contributed by atoms with E-state index in [4.69, 9.17) is 0 Å². The Morgan fingerprint density at radius 1 is 1.22 bits per heavy atom. The van der Waals surface area contributed by atoms with Crippen LogP contribution in [0.15, 0.2) is 48.5 Å². The van der Waals surface area contributed by atoms with Crippen molar-refractivity contribution in [3.8, 4) is 0 Å². The lowest BCUT2D eigenvalue weighted by Gasteiger charge is -2.52. The molecule has 2 aromatic rings. The number of nitrogens with zero attached hydrogens (tertiary/aromatic N) is 2. The quantitative estimate of drug-likeness (QED) is 0.473. The SMILES string of the molecule is CCCN1C(=O)[C@H]2N(C(=O)[C@@H](O)C(Cc3ccccc3)NC(=O)c3cccc4c3CCN4)CSC21C. The van der Waals surface area contributed by atoms with Crippen molar-refractivity contribution < 1.29 is 19.5 Å². The summed E-state index contributed by atoms with van der Waals surface area (Å²) in [6, 6.07) is 13.6. The van der Waals surface area contributed by atoms with E-state index in [1.807, 2.05) is 61.2 Å². The van der Waals surface area contributed by atoms with Gasteiger partial charge >= 0.3 is 0 Å². The van der Waals surface area contributed by atoms with Gasteiger partial charge in [0.25, 0.3) is 11.8 Å². The predicted molar refractivity (Wildman–Crippen MR) is 140 cm³/mol. The highest BCUT2D eigenvalue weighted by atomic mass is 32.2. The van der Waals surface area contributed by atoms with Crippen molar-refractivity contribution in [2.45, 2.75) is 56.2 Å². The van der Waals surface area contributed by atoms with Crippen LogP contribution in [0.4, 0.5) is 5.69 Å². The first-order chi connectivity index (χ1) is 17.3.